The van der Waals surface area contributed by atoms with Crippen LogP contribution in [0.5, 0.6) is 0 Å². The Bertz CT molecular complexity index is 983. The maximum atomic E-state index is 12.8. The molecule has 0 bridgehead atoms. The van der Waals surface area contributed by atoms with Crippen LogP contribution < -0.4 is 4.46 Å². The van der Waals surface area contributed by atoms with Gasteiger partial charge in [0.1, 0.15) is 0 Å². The van der Waals surface area contributed by atoms with Crippen LogP contribution in [-0.2, 0) is 9.84 Å². The second kappa shape index (κ2) is 8.70. The summed E-state index contributed by atoms with van der Waals surface area (Å²) in [6.45, 7) is 0. The van der Waals surface area contributed by atoms with Crippen LogP contribution in [0.4, 0.5) is 0 Å². The molecular weight excluding hydrogens is 431 g/mol. The summed E-state index contributed by atoms with van der Waals surface area (Å²) in [6, 6.07) is 26.0. The average Bonchev–Trinajstić information content (AvgIpc) is 2.65. The molecule has 3 aromatic rings. The first-order valence-electron chi connectivity index (χ1n) is 8.00. The zero-order valence-corrected chi connectivity index (χ0v) is 17.2. The number of hydrogen-bond donors (Lipinski definition) is 0. The summed E-state index contributed by atoms with van der Waals surface area (Å²) < 4.78 is 27.7. The van der Waals surface area contributed by atoms with E-state index in [0.29, 0.717) is 9.92 Å². The number of halogens is 1. The number of benzene rings is 3. The van der Waals surface area contributed by atoms with E-state index in [2.05, 4.69) is 0 Å². The first-order valence-corrected chi connectivity index (χ1v) is 11.7. The fraction of sp³-hybridized carbons (Fsp3) is 0.0476. The fourth-order valence-electron chi connectivity index (χ4n) is 2.38. The summed E-state index contributed by atoms with van der Waals surface area (Å²) in [6.07, 6.45) is 1.96. The molecule has 0 saturated carbocycles. The van der Waals surface area contributed by atoms with Crippen molar-refractivity contribution in [1.82, 2.24) is 0 Å². The van der Waals surface area contributed by atoms with Crippen molar-refractivity contribution in [3.8, 4) is 0 Å². The Morgan fingerprint density at radius 1 is 0.846 bits per heavy atom. The van der Waals surface area contributed by atoms with Crippen LogP contribution in [0, 0.1) is 0 Å². The quantitative estimate of drug-likeness (QED) is 0.531. The predicted octanol–water partition coefficient (Wildman–Crippen LogP) is 4.18. The predicted molar refractivity (Wildman–Crippen MR) is 110 cm³/mol. The van der Waals surface area contributed by atoms with Crippen LogP contribution in [-0.4, -0.2) is 29.1 Å². The van der Waals surface area contributed by atoms with Crippen molar-refractivity contribution >= 4 is 46.9 Å². The molecule has 0 aliphatic rings. The minimum absolute atomic E-state index is 0.00847. The molecule has 0 heterocycles. The van der Waals surface area contributed by atoms with Crippen molar-refractivity contribution in [3.05, 3.63) is 100.0 Å². The van der Waals surface area contributed by atoms with E-state index in [0.717, 1.165) is 14.5 Å². The fourth-order valence-corrected chi connectivity index (χ4v) is 6.77. The van der Waals surface area contributed by atoms with Crippen LogP contribution >= 0.6 is 11.6 Å². The van der Waals surface area contributed by atoms with Gasteiger partial charge in [-0.3, -0.25) is 0 Å². The number of rotatable bonds is 6. The summed E-state index contributed by atoms with van der Waals surface area (Å²) in [5.41, 5.74) is 0.950. The van der Waals surface area contributed by atoms with E-state index in [1.54, 1.807) is 24.3 Å². The Balaban J connectivity index is 1.93. The molecule has 132 valence electrons. The van der Waals surface area contributed by atoms with Gasteiger partial charge >= 0.3 is 166 Å². The average molecular weight is 448 g/mol. The van der Waals surface area contributed by atoms with Gasteiger partial charge in [-0.05, 0) is 0 Å². The molecule has 3 rings (SSSR count). The first-order chi connectivity index (χ1) is 12.5. The van der Waals surface area contributed by atoms with Gasteiger partial charge in [0.2, 0.25) is 0 Å². The molecule has 0 atom stereocenters. The van der Waals surface area contributed by atoms with E-state index in [4.69, 9.17) is 11.6 Å². The molecule has 26 heavy (non-hydrogen) atoms. The number of hydrogen-bond acceptors (Lipinski definition) is 2. The molecule has 0 amide bonds. The molecule has 2 nitrogen and oxygen atoms in total. The van der Waals surface area contributed by atoms with E-state index in [-0.39, 0.29) is 20.7 Å². The Kier molecular flexibility index (Phi) is 6.33. The van der Waals surface area contributed by atoms with Crippen molar-refractivity contribution in [1.29, 1.82) is 0 Å². The molecular formula is C21H17ClO2SSe. The van der Waals surface area contributed by atoms with Crippen molar-refractivity contribution in [2.75, 3.05) is 5.75 Å². The second-order valence-corrected chi connectivity index (χ2v) is 10.6. The maximum absolute atomic E-state index is 12.8. The molecule has 5 heteroatoms. The Hall–Kier alpha value is -1.84. The normalized spacial score (nSPS) is 12.1. The van der Waals surface area contributed by atoms with E-state index in [9.17, 15) is 8.42 Å². The van der Waals surface area contributed by atoms with Gasteiger partial charge in [0, 0.05) is 0 Å². The summed E-state index contributed by atoms with van der Waals surface area (Å²) >= 11 is 5.87. The minimum atomic E-state index is -3.39. The van der Waals surface area contributed by atoms with Crippen LogP contribution in [0.1, 0.15) is 5.56 Å². The van der Waals surface area contributed by atoms with Crippen LogP contribution in [0.25, 0.3) is 6.08 Å². The molecule has 0 aliphatic carbocycles. The molecule has 0 aromatic heterocycles. The van der Waals surface area contributed by atoms with Gasteiger partial charge in [-0.2, -0.15) is 0 Å². The first kappa shape index (κ1) is 18.9. The van der Waals surface area contributed by atoms with Gasteiger partial charge < -0.3 is 0 Å². The zero-order chi connectivity index (χ0) is 18.4. The molecule has 0 saturated heterocycles. The van der Waals surface area contributed by atoms with Gasteiger partial charge in [0.15, 0.2) is 0 Å². The van der Waals surface area contributed by atoms with Gasteiger partial charge in [-0.25, -0.2) is 0 Å². The van der Waals surface area contributed by atoms with E-state index in [1.165, 1.54) is 0 Å². The Morgan fingerprint density at radius 2 is 1.42 bits per heavy atom. The molecule has 0 radical (unpaired) electrons. The van der Waals surface area contributed by atoms with Crippen molar-refractivity contribution in [2.45, 2.75) is 4.90 Å². The molecule has 0 spiro atoms. The summed E-state index contributed by atoms with van der Waals surface area (Å²) in [7, 11) is -3.39. The van der Waals surface area contributed by atoms with E-state index < -0.39 is 9.84 Å². The third kappa shape index (κ3) is 5.33. The Morgan fingerprint density at radius 3 is 2.04 bits per heavy atom. The van der Waals surface area contributed by atoms with Crippen LogP contribution in [0.2, 0.25) is 5.02 Å². The van der Waals surface area contributed by atoms with Gasteiger partial charge in [-0.1, -0.05) is 0 Å². The van der Waals surface area contributed by atoms with Gasteiger partial charge in [0.05, 0.1) is 0 Å². The molecule has 0 fully saturated rings. The van der Waals surface area contributed by atoms with Gasteiger partial charge in [0.25, 0.3) is 0 Å². The molecule has 0 N–H and O–H groups in total. The SMILES string of the molecule is O=S(=O)(C/C(=C\c1ccc(Cl)cc1)[Se]c1ccccc1)c1ccccc1. The topological polar surface area (TPSA) is 34.1 Å². The zero-order valence-electron chi connectivity index (χ0n) is 13.9. The van der Waals surface area contributed by atoms with Crippen LogP contribution in [0.15, 0.2) is 94.3 Å². The van der Waals surface area contributed by atoms with E-state index in [1.807, 2.05) is 66.7 Å². The van der Waals surface area contributed by atoms with Crippen molar-refractivity contribution in [3.63, 3.8) is 0 Å². The standard InChI is InChI=1S/C21H17ClO2SSe/c22-18-13-11-17(12-14-18)15-21(26-20-9-5-2-6-10-20)16-25(23,24)19-7-3-1-4-8-19/h1-15H,16H2/b21-15+. The number of sulfone groups is 1. The molecule has 3 aromatic carbocycles. The second-order valence-electron chi connectivity index (χ2n) is 5.65. The van der Waals surface area contributed by atoms with Crippen molar-refractivity contribution in [2.24, 2.45) is 0 Å². The summed E-state index contributed by atoms with van der Waals surface area (Å²) in [5, 5.41) is 0.661. The Labute approximate surface area is 165 Å². The van der Waals surface area contributed by atoms with Crippen molar-refractivity contribution < 1.29 is 8.42 Å². The van der Waals surface area contributed by atoms with E-state index >= 15 is 0 Å². The third-order valence-electron chi connectivity index (χ3n) is 3.62. The monoisotopic (exact) mass is 448 g/mol. The van der Waals surface area contributed by atoms with Crippen LogP contribution in [0.3, 0.4) is 0 Å². The van der Waals surface area contributed by atoms with Gasteiger partial charge in [-0.15, -0.1) is 0 Å². The third-order valence-corrected chi connectivity index (χ3v) is 8.14. The summed E-state index contributed by atoms with van der Waals surface area (Å²) in [4.78, 5) is 0.353. The summed E-state index contributed by atoms with van der Waals surface area (Å²) in [5.74, 6) is 0.00847. The molecule has 0 unspecified atom stereocenters. The molecule has 0 aliphatic heterocycles.